The Morgan fingerprint density at radius 2 is 1.76 bits per heavy atom. The number of aryl methyl sites for hydroxylation is 2. The van der Waals surface area contributed by atoms with E-state index in [9.17, 15) is 14.4 Å². The average Bonchev–Trinajstić information content (AvgIpc) is 2.40. The first kappa shape index (κ1) is 15.0. The van der Waals surface area contributed by atoms with Crippen LogP contribution in [-0.4, -0.2) is 46.9 Å². The maximum Gasteiger partial charge on any atom is 0.326 e. The molecule has 0 saturated carbocycles. The van der Waals surface area contributed by atoms with Gasteiger partial charge in [-0.15, -0.1) is 0 Å². The number of carbonyl (C=O) groups is 3. The minimum atomic E-state index is -1.18. The Balaban J connectivity index is 2.26. The highest BCUT2D eigenvalue weighted by molar-refractivity contribution is 6.05. The third kappa shape index (κ3) is 2.89. The molecule has 1 saturated heterocycles. The van der Waals surface area contributed by atoms with Gasteiger partial charge in [-0.25, -0.2) is 4.79 Å². The molecule has 1 aromatic carbocycles. The van der Waals surface area contributed by atoms with Crippen molar-refractivity contribution in [2.75, 3.05) is 18.0 Å². The fourth-order valence-corrected chi connectivity index (χ4v) is 2.45. The third-order valence-electron chi connectivity index (χ3n) is 3.64. The number of benzene rings is 1. The van der Waals surface area contributed by atoms with Crippen LogP contribution in [0.4, 0.5) is 5.69 Å². The molecule has 6 heteroatoms. The monoisotopic (exact) mass is 290 g/mol. The van der Waals surface area contributed by atoms with Crippen LogP contribution in [0.5, 0.6) is 0 Å². The van der Waals surface area contributed by atoms with E-state index in [1.54, 1.807) is 4.90 Å². The number of piperazine rings is 1. The normalized spacial score (nSPS) is 17.1. The Morgan fingerprint density at radius 1 is 1.19 bits per heavy atom. The molecular weight excluding hydrogens is 272 g/mol. The van der Waals surface area contributed by atoms with Gasteiger partial charge < -0.3 is 10.0 Å². The lowest BCUT2D eigenvalue weighted by Gasteiger charge is -2.36. The molecule has 1 aromatic rings. The zero-order valence-electron chi connectivity index (χ0n) is 12.3. The van der Waals surface area contributed by atoms with Crippen LogP contribution in [0.1, 0.15) is 18.1 Å². The van der Waals surface area contributed by atoms with Crippen molar-refractivity contribution < 1.29 is 19.5 Å². The minimum Gasteiger partial charge on any atom is -0.480 e. The lowest BCUT2D eigenvalue weighted by molar-refractivity contribution is -0.157. The summed E-state index contributed by atoms with van der Waals surface area (Å²) >= 11 is 0. The maximum absolute atomic E-state index is 12.1. The summed E-state index contributed by atoms with van der Waals surface area (Å²) in [6.07, 6.45) is 0. The molecule has 112 valence electrons. The van der Waals surface area contributed by atoms with Crippen LogP contribution in [0, 0.1) is 13.8 Å². The third-order valence-corrected chi connectivity index (χ3v) is 3.64. The molecule has 1 N–H and O–H groups in total. The SMILES string of the molecule is Cc1ccc(C)c(N2CC(=O)N(C(C)C(=O)O)C(=O)C2)c1. The topological polar surface area (TPSA) is 77.9 Å². The van der Waals surface area contributed by atoms with E-state index in [0.29, 0.717) is 0 Å². The number of imide groups is 1. The van der Waals surface area contributed by atoms with Crippen LogP contribution in [0.15, 0.2) is 18.2 Å². The van der Waals surface area contributed by atoms with E-state index in [4.69, 9.17) is 5.11 Å². The molecule has 2 amide bonds. The number of amides is 2. The number of carbonyl (C=O) groups excluding carboxylic acids is 2. The van der Waals surface area contributed by atoms with Crippen LogP contribution in [-0.2, 0) is 14.4 Å². The zero-order valence-corrected chi connectivity index (χ0v) is 12.3. The lowest BCUT2D eigenvalue weighted by Crippen LogP contribution is -2.58. The number of hydrogen-bond donors (Lipinski definition) is 1. The van der Waals surface area contributed by atoms with Crippen molar-refractivity contribution in [2.45, 2.75) is 26.8 Å². The molecule has 0 aromatic heterocycles. The smallest absolute Gasteiger partial charge is 0.326 e. The summed E-state index contributed by atoms with van der Waals surface area (Å²) < 4.78 is 0. The summed E-state index contributed by atoms with van der Waals surface area (Å²) in [5, 5.41) is 8.97. The number of carboxylic acids is 1. The molecular formula is C15H18N2O4. The molecule has 0 bridgehead atoms. The first-order chi connectivity index (χ1) is 9.81. The summed E-state index contributed by atoms with van der Waals surface area (Å²) in [6, 6.07) is 4.69. The van der Waals surface area contributed by atoms with E-state index < -0.39 is 23.8 Å². The molecule has 1 aliphatic rings. The Kier molecular flexibility index (Phi) is 3.97. The van der Waals surface area contributed by atoms with E-state index in [1.165, 1.54) is 6.92 Å². The van der Waals surface area contributed by atoms with Gasteiger partial charge in [0.2, 0.25) is 11.8 Å². The van der Waals surface area contributed by atoms with Gasteiger partial charge in [-0.05, 0) is 38.0 Å². The van der Waals surface area contributed by atoms with Crippen molar-refractivity contribution in [3.63, 3.8) is 0 Å². The Labute approximate surface area is 123 Å². The van der Waals surface area contributed by atoms with Gasteiger partial charge in [-0.1, -0.05) is 12.1 Å². The van der Waals surface area contributed by atoms with E-state index in [0.717, 1.165) is 21.7 Å². The second-order valence-corrected chi connectivity index (χ2v) is 5.32. The van der Waals surface area contributed by atoms with E-state index in [1.807, 2.05) is 32.0 Å². The Bertz CT molecular complexity index is 594. The van der Waals surface area contributed by atoms with Gasteiger partial charge in [0.15, 0.2) is 0 Å². The number of nitrogens with zero attached hydrogens (tertiary/aromatic N) is 2. The largest absolute Gasteiger partial charge is 0.480 e. The van der Waals surface area contributed by atoms with Gasteiger partial charge in [0.1, 0.15) is 6.04 Å². The molecule has 0 aliphatic carbocycles. The lowest BCUT2D eigenvalue weighted by atomic mass is 10.1. The molecule has 1 fully saturated rings. The highest BCUT2D eigenvalue weighted by atomic mass is 16.4. The van der Waals surface area contributed by atoms with Crippen LogP contribution < -0.4 is 4.90 Å². The van der Waals surface area contributed by atoms with Gasteiger partial charge in [-0.3, -0.25) is 14.5 Å². The molecule has 6 nitrogen and oxygen atoms in total. The van der Waals surface area contributed by atoms with Crippen molar-refractivity contribution in [1.29, 1.82) is 0 Å². The van der Waals surface area contributed by atoms with Crippen molar-refractivity contribution >= 4 is 23.5 Å². The van der Waals surface area contributed by atoms with Gasteiger partial charge in [0, 0.05) is 5.69 Å². The fraction of sp³-hybridized carbons (Fsp3) is 0.400. The molecule has 21 heavy (non-hydrogen) atoms. The van der Waals surface area contributed by atoms with E-state index in [2.05, 4.69) is 0 Å². The van der Waals surface area contributed by atoms with E-state index in [-0.39, 0.29) is 13.1 Å². The first-order valence-electron chi connectivity index (χ1n) is 6.71. The van der Waals surface area contributed by atoms with Crippen molar-refractivity contribution in [1.82, 2.24) is 4.90 Å². The number of carboxylic acid groups (broad SMARTS) is 1. The molecule has 1 unspecified atom stereocenters. The molecule has 1 aliphatic heterocycles. The summed E-state index contributed by atoms with van der Waals surface area (Å²) in [6.45, 7) is 5.21. The second kappa shape index (κ2) is 5.55. The zero-order chi connectivity index (χ0) is 15.7. The molecule has 2 rings (SSSR count). The fourth-order valence-electron chi connectivity index (χ4n) is 2.45. The van der Waals surface area contributed by atoms with Crippen LogP contribution in [0.2, 0.25) is 0 Å². The van der Waals surface area contributed by atoms with Gasteiger partial charge >= 0.3 is 5.97 Å². The van der Waals surface area contributed by atoms with Crippen molar-refractivity contribution in [3.05, 3.63) is 29.3 Å². The van der Waals surface area contributed by atoms with Crippen LogP contribution in [0.25, 0.3) is 0 Å². The van der Waals surface area contributed by atoms with Crippen LogP contribution >= 0.6 is 0 Å². The van der Waals surface area contributed by atoms with Gasteiger partial charge in [0.05, 0.1) is 13.1 Å². The van der Waals surface area contributed by atoms with Gasteiger partial charge in [0.25, 0.3) is 0 Å². The quantitative estimate of drug-likeness (QED) is 0.839. The predicted molar refractivity (Wildman–Crippen MR) is 77.1 cm³/mol. The van der Waals surface area contributed by atoms with E-state index >= 15 is 0 Å². The maximum atomic E-state index is 12.1. The summed E-state index contributed by atoms with van der Waals surface area (Å²) in [7, 11) is 0. The molecule has 1 atom stereocenters. The molecule has 0 spiro atoms. The minimum absolute atomic E-state index is 0.00759. The highest BCUT2D eigenvalue weighted by Gasteiger charge is 2.37. The molecule has 0 radical (unpaired) electrons. The highest BCUT2D eigenvalue weighted by Crippen LogP contribution is 2.24. The van der Waals surface area contributed by atoms with Crippen molar-refractivity contribution in [3.8, 4) is 0 Å². The van der Waals surface area contributed by atoms with Crippen LogP contribution in [0.3, 0.4) is 0 Å². The van der Waals surface area contributed by atoms with Gasteiger partial charge in [-0.2, -0.15) is 0 Å². The standard InChI is InChI=1S/C15H18N2O4/c1-9-4-5-10(2)12(6-9)16-7-13(18)17(14(19)8-16)11(3)15(20)21/h4-6,11H,7-8H2,1-3H3,(H,20,21). The predicted octanol–water partition coefficient (Wildman–Crippen LogP) is 0.952. The number of aliphatic carboxylic acids is 1. The summed E-state index contributed by atoms with van der Waals surface area (Å²) in [5.41, 5.74) is 2.84. The number of anilines is 1. The summed E-state index contributed by atoms with van der Waals surface area (Å²) in [4.78, 5) is 37.8. The summed E-state index contributed by atoms with van der Waals surface area (Å²) in [5.74, 6) is -2.15. The van der Waals surface area contributed by atoms with Crippen molar-refractivity contribution in [2.24, 2.45) is 0 Å². The second-order valence-electron chi connectivity index (χ2n) is 5.32. The first-order valence-corrected chi connectivity index (χ1v) is 6.71. The number of hydrogen-bond acceptors (Lipinski definition) is 4. The molecule has 1 heterocycles. The Hall–Kier alpha value is -2.37. The average molecular weight is 290 g/mol. The number of rotatable bonds is 3. The Morgan fingerprint density at radius 3 is 2.29 bits per heavy atom.